The van der Waals surface area contributed by atoms with Crippen LogP contribution < -0.4 is 0 Å². The lowest BCUT2D eigenvalue weighted by molar-refractivity contribution is -0.141. The standard InChI is InChI=1S/C17H21NO3S/c1-22-13-8-6-11(7-9-13)16(19)18-14-5-3-2-4-12(14)10-15(18)17(20)21/h6-9,12,14-15H,2-5,10H2,1H3,(H,20,21). The van der Waals surface area contributed by atoms with Crippen LogP contribution in [0.5, 0.6) is 0 Å². The topological polar surface area (TPSA) is 57.6 Å². The van der Waals surface area contributed by atoms with E-state index in [0.29, 0.717) is 17.9 Å². The third-order valence-corrected chi connectivity index (χ3v) is 5.69. The molecule has 1 aromatic rings. The number of hydrogen-bond acceptors (Lipinski definition) is 3. The molecule has 1 heterocycles. The van der Waals surface area contributed by atoms with E-state index in [4.69, 9.17) is 0 Å². The lowest BCUT2D eigenvalue weighted by Crippen LogP contribution is -2.46. The number of carbonyl (C=O) groups is 2. The number of nitrogens with zero attached hydrogens (tertiary/aromatic N) is 1. The van der Waals surface area contributed by atoms with Crippen molar-refractivity contribution in [2.45, 2.75) is 49.1 Å². The molecule has 2 fully saturated rings. The summed E-state index contributed by atoms with van der Waals surface area (Å²) in [6.07, 6.45) is 6.81. The van der Waals surface area contributed by atoms with Gasteiger partial charge in [-0.05, 0) is 55.7 Å². The normalized spacial score (nSPS) is 27.5. The Morgan fingerprint density at radius 3 is 2.50 bits per heavy atom. The first-order valence-corrected chi connectivity index (χ1v) is 9.04. The predicted molar refractivity (Wildman–Crippen MR) is 86.2 cm³/mol. The van der Waals surface area contributed by atoms with E-state index in [1.807, 2.05) is 30.5 Å². The molecule has 1 aliphatic heterocycles. The number of carbonyl (C=O) groups excluding carboxylic acids is 1. The second-order valence-corrected chi connectivity index (χ2v) is 7.02. The summed E-state index contributed by atoms with van der Waals surface area (Å²) in [4.78, 5) is 27.2. The van der Waals surface area contributed by atoms with Gasteiger partial charge >= 0.3 is 5.97 Å². The summed E-state index contributed by atoms with van der Waals surface area (Å²) >= 11 is 1.63. The van der Waals surface area contributed by atoms with E-state index >= 15 is 0 Å². The first-order chi connectivity index (χ1) is 10.6. The van der Waals surface area contributed by atoms with Gasteiger partial charge in [0.05, 0.1) is 0 Å². The summed E-state index contributed by atoms with van der Waals surface area (Å²) in [6.45, 7) is 0. The number of fused-ring (bicyclic) bond motifs is 1. The predicted octanol–water partition coefficient (Wildman–Crippen LogP) is 3.27. The highest BCUT2D eigenvalue weighted by molar-refractivity contribution is 7.98. The van der Waals surface area contributed by atoms with E-state index in [-0.39, 0.29) is 11.9 Å². The maximum Gasteiger partial charge on any atom is 0.326 e. The van der Waals surface area contributed by atoms with Crippen LogP contribution in [-0.4, -0.2) is 40.2 Å². The number of benzene rings is 1. The van der Waals surface area contributed by atoms with Gasteiger partial charge in [-0.3, -0.25) is 4.79 Å². The van der Waals surface area contributed by atoms with Gasteiger partial charge in [0.1, 0.15) is 6.04 Å². The van der Waals surface area contributed by atoms with Crippen LogP contribution in [0.4, 0.5) is 0 Å². The van der Waals surface area contributed by atoms with Gasteiger partial charge in [0.25, 0.3) is 5.91 Å². The van der Waals surface area contributed by atoms with E-state index in [9.17, 15) is 14.7 Å². The molecule has 1 aliphatic carbocycles. The molecule has 1 aromatic carbocycles. The molecule has 3 unspecified atom stereocenters. The highest BCUT2D eigenvalue weighted by Crippen LogP contribution is 2.40. The fraction of sp³-hybridized carbons (Fsp3) is 0.529. The molecule has 3 rings (SSSR count). The van der Waals surface area contributed by atoms with Crippen LogP contribution in [0.15, 0.2) is 29.2 Å². The fourth-order valence-corrected chi connectivity index (χ4v) is 4.26. The Balaban J connectivity index is 1.88. The van der Waals surface area contributed by atoms with E-state index in [1.165, 1.54) is 0 Å². The minimum absolute atomic E-state index is 0.0996. The van der Waals surface area contributed by atoms with Crippen LogP contribution >= 0.6 is 11.8 Å². The summed E-state index contributed by atoms with van der Waals surface area (Å²) in [5, 5.41) is 9.51. The zero-order valence-corrected chi connectivity index (χ0v) is 13.5. The van der Waals surface area contributed by atoms with Crippen molar-refractivity contribution in [2.24, 2.45) is 5.92 Å². The molecule has 1 saturated heterocycles. The van der Waals surface area contributed by atoms with Gasteiger partial charge in [-0.1, -0.05) is 12.8 Å². The summed E-state index contributed by atoms with van der Waals surface area (Å²) < 4.78 is 0. The Hall–Kier alpha value is -1.49. The van der Waals surface area contributed by atoms with E-state index in [2.05, 4.69) is 0 Å². The van der Waals surface area contributed by atoms with Crippen molar-refractivity contribution >= 4 is 23.6 Å². The highest BCUT2D eigenvalue weighted by Gasteiger charge is 2.47. The van der Waals surface area contributed by atoms with Crippen molar-refractivity contribution in [3.05, 3.63) is 29.8 Å². The molecule has 0 radical (unpaired) electrons. The molecular formula is C17H21NO3S. The second kappa shape index (κ2) is 6.32. The van der Waals surface area contributed by atoms with Crippen LogP contribution in [0.1, 0.15) is 42.5 Å². The number of carboxylic acids is 1. The average molecular weight is 319 g/mol. The molecule has 1 N–H and O–H groups in total. The van der Waals surface area contributed by atoms with Gasteiger partial charge in [0.2, 0.25) is 0 Å². The summed E-state index contributed by atoms with van der Waals surface area (Å²) in [7, 11) is 0. The van der Waals surface area contributed by atoms with Gasteiger partial charge in [0, 0.05) is 16.5 Å². The first-order valence-electron chi connectivity index (χ1n) is 7.81. The number of aliphatic carboxylic acids is 1. The number of rotatable bonds is 3. The Morgan fingerprint density at radius 2 is 1.86 bits per heavy atom. The average Bonchev–Trinajstić information content (AvgIpc) is 2.94. The highest BCUT2D eigenvalue weighted by atomic mass is 32.2. The van der Waals surface area contributed by atoms with Crippen molar-refractivity contribution in [3.8, 4) is 0 Å². The van der Waals surface area contributed by atoms with E-state index in [1.54, 1.807) is 16.7 Å². The Bertz CT molecular complexity index is 572. The van der Waals surface area contributed by atoms with Gasteiger partial charge in [-0.15, -0.1) is 11.8 Å². The summed E-state index contributed by atoms with van der Waals surface area (Å²) in [6, 6.07) is 6.89. The fourth-order valence-electron chi connectivity index (χ4n) is 3.86. The molecule has 3 atom stereocenters. The van der Waals surface area contributed by atoms with Crippen LogP contribution in [0.25, 0.3) is 0 Å². The molecule has 22 heavy (non-hydrogen) atoms. The van der Waals surface area contributed by atoms with Crippen LogP contribution in [0.2, 0.25) is 0 Å². The van der Waals surface area contributed by atoms with Gasteiger partial charge in [-0.25, -0.2) is 4.79 Å². The van der Waals surface area contributed by atoms with Crippen molar-refractivity contribution in [2.75, 3.05) is 6.26 Å². The smallest absolute Gasteiger partial charge is 0.326 e. The SMILES string of the molecule is CSc1ccc(C(=O)N2C(C(=O)O)CC3CCCCC32)cc1. The minimum atomic E-state index is -0.872. The zero-order valence-electron chi connectivity index (χ0n) is 12.7. The van der Waals surface area contributed by atoms with Crippen molar-refractivity contribution in [3.63, 3.8) is 0 Å². The number of thioether (sulfide) groups is 1. The number of carboxylic acid groups (broad SMARTS) is 1. The molecule has 0 bridgehead atoms. The third-order valence-electron chi connectivity index (χ3n) is 4.94. The largest absolute Gasteiger partial charge is 0.480 e. The third kappa shape index (κ3) is 2.74. The van der Waals surface area contributed by atoms with Crippen LogP contribution in [0.3, 0.4) is 0 Å². The van der Waals surface area contributed by atoms with Crippen LogP contribution in [0, 0.1) is 5.92 Å². The lowest BCUT2D eigenvalue weighted by atomic mass is 9.84. The van der Waals surface area contributed by atoms with Crippen molar-refractivity contribution in [1.29, 1.82) is 0 Å². The van der Waals surface area contributed by atoms with Crippen LogP contribution in [-0.2, 0) is 4.79 Å². The monoisotopic (exact) mass is 319 g/mol. The molecule has 5 heteroatoms. The molecule has 0 aromatic heterocycles. The molecule has 1 saturated carbocycles. The number of hydrogen-bond donors (Lipinski definition) is 1. The lowest BCUT2D eigenvalue weighted by Gasteiger charge is -2.33. The number of likely N-dealkylation sites (tertiary alicyclic amines) is 1. The zero-order chi connectivity index (χ0) is 15.7. The molecule has 1 amide bonds. The Kier molecular flexibility index (Phi) is 4.43. The molecule has 4 nitrogen and oxygen atoms in total. The molecule has 0 spiro atoms. The summed E-state index contributed by atoms with van der Waals surface area (Å²) in [5.41, 5.74) is 0.593. The van der Waals surface area contributed by atoms with Gasteiger partial charge in [0.15, 0.2) is 0 Å². The minimum Gasteiger partial charge on any atom is -0.480 e. The second-order valence-electron chi connectivity index (χ2n) is 6.14. The Labute approximate surface area is 134 Å². The maximum atomic E-state index is 12.9. The molecule has 2 aliphatic rings. The summed E-state index contributed by atoms with van der Waals surface area (Å²) in [5.74, 6) is -0.651. The van der Waals surface area contributed by atoms with E-state index < -0.39 is 12.0 Å². The quantitative estimate of drug-likeness (QED) is 0.869. The number of amides is 1. The first kappa shape index (κ1) is 15.4. The molecule has 118 valence electrons. The van der Waals surface area contributed by atoms with Crippen molar-refractivity contribution < 1.29 is 14.7 Å². The Morgan fingerprint density at radius 1 is 1.18 bits per heavy atom. The van der Waals surface area contributed by atoms with Gasteiger partial charge in [-0.2, -0.15) is 0 Å². The van der Waals surface area contributed by atoms with Crippen molar-refractivity contribution in [1.82, 2.24) is 4.90 Å². The van der Waals surface area contributed by atoms with Gasteiger partial charge < -0.3 is 10.0 Å². The molecular weight excluding hydrogens is 298 g/mol. The maximum absolute atomic E-state index is 12.9. The van der Waals surface area contributed by atoms with E-state index in [0.717, 1.165) is 30.6 Å².